The average molecular weight is 436 g/mol. The van der Waals surface area contributed by atoms with Crippen molar-refractivity contribution in [3.05, 3.63) is 73.8 Å². The van der Waals surface area contributed by atoms with E-state index < -0.39 is 4.92 Å². The summed E-state index contributed by atoms with van der Waals surface area (Å²) >= 11 is 17.8. The van der Waals surface area contributed by atoms with Crippen molar-refractivity contribution in [2.24, 2.45) is 0 Å². The SMILES string of the molecule is O=[N+]([O-])c1ccc2nc(-c3ccc(Oc4nc(Cl)c(Cl)cc4Cl)cc3)[nH]c2c1. The summed E-state index contributed by atoms with van der Waals surface area (Å²) in [5.74, 6) is 1.20. The summed E-state index contributed by atoms with van der Waals surface area (Å²) in [4.78, 5) is 22.0. The molecule has 2 heterocycles. The molecule has 0 aliphatic rings. The van der Waals surface area contributed by atoms with Gasteiger partial charge in [0.25, 0.3) is 5.69 Å². The van der Waals surface area contributed by atoms with Gasteiger partial charge in [0.05, 0.1) is 21.0 Å². The largest absolute Gasteiger partial charge is 0.437 e. The average Bonchev–Trinajstić information content (AvgIpc) is 3.10. The van der Waals surface area contributed by atoms with Crippen molar-refractivity contribution in [1.29, 1.82) is 0 Å². The number of benzene rings is 2. The quantitative estimate of drug-likeness (QED) is 0.231. The normalized spacial score (nSPS) is 11.0. The number of imidazole rings is 1. The Morgan fingerprint density at radius 3 is 2.43 bits per heavy atom. The van der Waals surface area contributed by atoms with E-state index in [1.807, 2.05) is 0 Å². The van der Waals surface area contributed by atoms with Crippen molar-refractivity contribution in [3.8, 4) is 23.0 Å². The van der Waals surface area contributed by atoms with Gasteiger partial charge in [0.15, 0.2) is 5.15 Å². The zero-order valence-electron chi connectivity index (χ0n) is 13.8. The van der Waals surface area contributed by atoms with Gasteiger partial charge in [0, 0.05) is 17.7 Å². The molecule has 1 N–H and O–H groups in total. The van der Waals surface area contributed by atoms with Crippen LogP contribution in [0.4, 0.5) is 5.69 Å². The minimum atomic E-state index is -0.450. The lowest BCUT2D eigenvalue weighted by Crippen LogP contribution is -1.90. The molecule has 4 rings (SSSR count). The second-order valence-electron chi connectivity index (χ2n) is 5.72. The summed E-state index contributed by atoms with van der Waals surface area (Å²) in [6.45, 7) is 0. The molecule has 0 radical (unpaired) electrons. The predicted octanol–water partition coefficient (Wildman–Crippen LogP) is 6.29. The number of non-ortho nitro benzene ring substituents is 1. The summed E-state index contributed by atoms with van der Waals surface area (Å²) in [5, 5.41) is 11.5. The van der Waals surface area contributed by atoms with Crippen molar-refractivity contribution in [2.45, 2.75) is 0 Å². The molecule has 0 bridgehead atoms. The van der Waals surface area contributed by atoms with Gasteiger partial charge in [-0.3, -0.25) is 10.1 Å². The lowest BCUT2D eigenvalue weighted by atomic mass is 10.2. The maximum atomic E-state index is 10.9. The van der Waals surface area contributed by atoms with E-state index in [1.165, 1.54) is 18.2 Å². The molecule has 7 nitrogen and oxygen atoms in total. The maximum Gasteiger partial charge on any atom is 0.271 e. The number of rotatable bonds is 4. The molecule has 140 valence electrons. The van der Waals surface area contributed by atoms with Gasteiger partial charge < -0.3 is 9.72 Å². The highest BCUT2D eigenvalue weighted by Crippen LogP contribution is 2.34. The van der Waals surface area contributed by atoms with Crippen LogP contribution < -0.4 is 4.74 Å². The van der Waals surface area contributed by atoms with Crippen LogP contribution in [0.15, 0.2) is 48.5 Å². The Morgan fingerprint density at radius 2 is 1.71 bits per heavy atom. The highest BCUT2D eigenvalue weighted by Gasteiger charge is 2.12. The maximum absolute atomic E-state index is 10.9. The molecule has 4 aromatic rings. The lowest BCUT2D eigenvalue weighted by molar-refractivity contribution is -0.384. The third kappa shape index (κ3) is 3.60. The molecule has 2 aromatic heterocycles. The Balaban J connectivity index is 1.60. The molecule has 28 heavy (non-hydrogen) atoms. The zero-order valence-corrected chi connectivity index (χ0v) is 16.1. The number of nitro benzene ring substituents is 1. The predicted molar refractivity (Wildman–Crippen MR) is 108 cm³/mol. The fourth-order valence-corrected chi connectivity index (χ4v) is 3.07. The number of nitro groups is 1. The number of pyridine rings is 1. The molecular weight excluding hydrogens is 427 g/mol. The third-order valence-corrected chi connectivity index (χ3v) is 4.82. The van der Waals surface area contributed by atoms with Crippen LogP contribution in [0, 0.1) is 10.1 Å². The van der Waals surface area contributed by atoms with Crippen LogP contribution in [0.25, 0.3) is 22.4 Å². The highest BCUT2D eigenvalue weighted by molar-refractivity contribution is 6.42. The van der Waals surface area contributed by atoms with Gasteiger partial charge in [0.1, 0.15) is 16.6 Å². The molecule has 0 amide bonds. The van der Waals surface area contributed by atoms with E-state index in [4.69, 9.17) is 39.5 Å². The zero-order chi connectivity index (χ0) is 19.8. The fourth-order valence-electron chi connectivity index (χ4n) is 2.54. The minimum Gasteiger partial charge on any atom is -0.437 e. The van der Waals surface area contributed by atoms with Gasteiger partial charge in [-0.25, -0.2) is 4.98 Å². The molecular formula is C18H9Cl3N4O3. The number of aromatic nitrogens is 3. The number of nitrogens with one attached hydrogen (secondary N) is 1. The van der Waals surface area contributed by atoms with Crippen molar-refractivity contribution in [2.75, 3.05) is 0 Å². The van der Waals surface area contributed by atoms with Crippen molar-refractivity contribution in [1.82, 2.24) is 15.0 Å². The number of nitrogens with zero attached hydrogens (tertiary/aromatic N) is 3. The monoisotopic (exact) mass is 434 g/mol. The van der Waals surface area contributed by atoms with Crippen molar-refractivity contribution in [3.63, 3.8) is 0 Å². The first-order valence-electron chi connectivity index (χ1n) is 7.85. The molecule has 0 fully saturated rings. The Labute approximate surface area is 173 Å². The molecule has 0 aliphatic carbocycles. The van der Waals surface area contributed by atoms with Crippen molar-refractivity contribution < 1.29 is 9.66 Å². The van der Waals surface area contributed by atoms with E-state index in [2.05, 4.69) is 15.0 Å². The third-order valence-electron chi connectivity index (χ3n) is 3.87. The summed E-state index contributed by atoms with van der Waals surface area (Å²) in [7, 11) is 0. The van der Waals surface area contributed by atoms with E-state index in [0.717, 1.165) is 5.56 Å². The topological polar surface area (TPSA) is 93.9 Å². The molecule has 10 heteroatoms. The van der Waals surface area contributed by atoms with E-state index >= 15 is 0 Å². The van der Waals surface area contributed by atoms with Crippen LogP contribution >= 0.6 is 34.8 Å². The number of ether oxygens (including phenoxy) is 1. The molecule has 0 aliphatic heterocycles. The van der Waals surface area contributed by atoms with Crippen LogP contribution in [0.3, 0.4) is 0 Å². The van der Waals surface area contributed by atoms with E-state index in [1.54, 1.807) is 30.3 Å². The van der Waals surface area contributed by atoms with Crippen LogP contribution in [0.1, 0.15) is 0 Å². The van der Waals surface area contributed by atoms with Crippen LogP contribution in [0.5, 0.6) is 11.6 Å². The Morgan fingerprint density at radius 1 is 0.964 bits per heavy atom. The minimum absolute atomic E-state index is 0.00236. The van der Waals surface area contributed by atoms with E-state index in [0.29, 0.717) is 22.6 Å². The van der Waals surface area contributed by atoms with Gasteiger partial charge >= 0.3 is 0 Å². The van der Waals surface area contributed by atoms with Crippen molar-refractivity contribution >= 4 is 51.5 Å². The molecule has 0 atom stereocenters. The number of hydrogen-bond acceptors (Lipinski definition) is 5. The standard InChI is InChI=1S/C18H9Cl3N4O3/c19-12-8-13(20)18(24-16(12)21)28-11-4-1-9(2-5-11)17-22-14-6-3-10(25(26)27)7-15(14)23-17/h1-8H,(H,22,23). The first kappa shape index (κ1) is 18.5. The van der Waals surface area contributed by atoms with Gasteiger partial charge in [0.2, 0.25) is 5.88 Å². The van der Waals surface area contributed by atoms with Crippen LogP contribution in [-0.4, -0.2) is 19.9 Å². The number of aromatic amines is 1. The van der Waals surface area contributed by atoms with E-state index in [9.17, 15) is 10.1 Å². The van der Waals surface area contributed by atoms with Gasteiger partial charge in [-0.15, -0.1) is 0 Å². The second kappa shape index (κ2) is 7.27. The molecule has 0 saturated carbocycles. The first-order valence-corrected chi connectivity index (χ1v) is 8.98. The van der Waals surface area contributed by atoms with Crippen LogP contribution in [-0.2, 0) is 0 Å². The van der Waals surface area contributed by atoms with E-state index in [-0.39, 0.29) is 26.8 Å². The second-order valence-corrected chi connectivity index (χ2v) is 6.89. The Kier molecular flexibility index (Phi) is 4.80. The van der Waals surface area contributed by atoms with Gasteiger partial charge in [-0.05, 0) is 36.4 Å². The summed E-state index contributed by atoms with van der Waals surface area (Å²) in [6.07, 6.45) is 0. The van der Waals surface area contributed by atoms with Crippen LogP contribution in [0.2, 0.25) is 15.2 Å². The smallest absolute Gasteiger partial charge is 0.271 e. The number of halogens is 3. The lowest BCUT2D eigenvalue weighted by Gasteiger charge is -2.08. The molecule has 0 unspecified atom stereocenters. The number of fused-ring (bicyclic) bond motifs is 1. The Hall–Kier alpha value is -2.87. The Bertz CT molecular complexity index is 1210. The fraction of sp³-hybridized carbons (Fsp3) is 0. The van der Waals surface area contributed by atoms with Gasteiger partial charge in [-0.2, -0.15) is 4.98 Å². The molecule has 0 spiro atoms. The van der Waals surface area contributed by atoms with Gasteiger partial charge in [-0.1, -0.05) is 34.8 Å². The summed E-state index contributed by atoms with van der Waals surface area (Å²) < 4.78 is 5.65. The molecule has 0 saturated heterocycles. The first-order chi connectivity index (χ1) is 13.4. The summed E-state index contributed by atoms with van der Waals surface area (Å²) in [6, 6.07) is 12.9. The molecule has 2 aromatic carbocycles. The summed E-state index contributed by atoms with van der Waals surface area (Å²) in [5.41, 5.74) is 1.99. The highest BCUT2D eigenvalue weighted by atomic mass is 35.5. The number of hydrogen-bond donors (Lipinski definition) is 1. The number of H-pyrrole nitrogens is 1.